The second kappa shape index (κ2) is 3.90. The Morgan fingerprint density at radius 2 is 2.26 bits per heavy atom. The first-order valence-electron chi connectivity index (χ1n) is 6.96. The van der Waals surface area contributed by atoms with Crippen LogP contribution in [0.15, 0.2) is 6.20 Å². The first-order chi connectivity index (χ1) is 9.24. The molecule has 0 unspecified atom stereocenters. The Morgan fingerprint density at radius 1 is 1.37 bits per heavy atom. The summed E-state index contributed by atoms with van der Waals surface area (Å²) < 4.78 is 2.20. The predicted molar refractivity (Wildman–Crippen MR) is 72.1 cm³/mol. The van der Waals surface area contributed by atoms with Gasteiger partial charge in [-0.2, -0.15) is 0 Å². The number of hydrogen-bond donors (Lipinski definition) is 2. The predicted octanol–water partition coefficient (Wildman–Crippen LogP) is 0.933. The molecule has 1 saturated carbocycles. The van der Waals surface area contributed by atoms with Crippen LogP contribution >= 0.6 is 0 Å². The van der Waals surface area contributed by atoms with E-state index in [9.17, 15) is 0 Å². The molecule has 0 amide bonds. The number of nitrogens with one attached hydrogen (secondary N) is 1. The molecule has 2 aromatic rings. The van der Waals surface area contributed by atoms with Crippen LogP contribution in [-0.4, -0.2) is 32.2 Å². The smallest absolute Gasteiger partial charge is 0.179 e. The van der Waals surface area contributed by atoms with Crippen molar-refractivity contribution in [2.45, 2.75) is 38.1 Å². The highest BCUT2D eigenvalue weighted by Crippen LogP contribution is 2.38. The summed E-state index contributed by atoms with van der Waals surface area (Å²) in [6.45, 7) is 3.21. The number of fused-ring (bicyclic) bond motifs is 3. The van der Waals surface area contributed by atoms with Gasteiger partial charge in [0, 0.05) is 24.9 Å². The van der Waals surface area contributed by atoms with E-state index in [1.54, 1.807) is 6.20 Å². The Bertz CT molecular complexity index is 633. The monoisotopic (exact) mass is 258 g/mol. The normalized spacial score (nSPS) is 29.7. The number of nitrogens with two attached hydrogens (primary N) is 1. The minimum atomic E-state index is 0.292. The molecule has 0 bridgehead atoms. The average molecular weight is 258 g/mol. The molecule has 2 aliphatic rings. The number of nitrogens with zero attached hydrogens (tertiary/aromatic N) is 4. The Balaban J connectivity index is 1.89. The minimum Gasteiger partial charge on any atom is -0.368 e. The zero-order valence-corrected chi connectivity index (χ0v) is 11.0. The number of anilines is 1. The molecule has 0 saturated heterocycles. The minimum absolute atomic E-state index is 0.292. The third-order valence-electron chi connectivity index (χ3n) is 4.47. The summed E-state index contributed by atoms with van der Waals surface area (Å²) in [6.07, 6.45) is 4.86. The zero-order chi connectivity index (χ0) is 13.0. The van der Waals surface area contributed by atoms with Crippen LogP contribution in [0.1, 0.15) is 37.2 Å². The Hall–Kier alpha value is -1.69. The molecule has 6 nitrogen and oxygen atoms in total. The SMILES string of the molecule is C[C@@H]1C[C@H](N)C[C@@H]1c1nnc2cnc3c(n12)CCN3. The highest BCUT2D eigenvalue weighted by molar-refractivity contribution is 5.52. The first kappa shape index (κ1) is 11.2. The Morgan fingerprint density at radius 3 is 3.05 bits per heavy atom. The van der Waals surface area contributed by atoms with Crippen molar-refractivity contribution in [1.82, 2.24) is 19.6 Å². The van der Waals surface area contributed by atoms with Crippen LogP contribution in [0.3, 0.4) is 0 Å². The maximum Gasteiger partial charge on any atom is 0.179 e. The van der Waals surface area contributed by atoms with Crippen LogP contribution < -0.4 is 11.1 Å². The summed E-state index contributed by atoms with van der Waals surface area (Å²) in [5.74, 6) is 3.03. The quantitative estimate of drug-likeness (QED) is 0.795. The Labute approximate surface area is 111 Å². The van der Waals surface area contributed by atoms with Crippen LogP contribution in [0.25, 0.3) is 5.65 Å². The third kappa shape index (κ3) is 1.56. The van der Waals surface area contributed by atoms with Gasteiger partial charge in [-0.25, -0.2) is 4.98 Å². The first-order valence-corrected chi connectivity index (χ1v) is 6.96. The molecule has 0 spiro atoms. The van der Waals surface area contributed by atoms with E-state index in [1.165, 1.54) is 5.69 Å². The van der Waals surface area contributed by atoms with Crippen molar-refractivity contribution < 1.29 is 0 Å². The summed E-state index contributed by atoms with van der Waals surface area (Å²) >= 11 is 0. The number of rotatable bonds is 1. The van der Waals surface area contributed by atoms with Crippen LogP contribution in [0, 0.1) is 5.92 Å². The molecule has 1 fully saturated rings. The standard InChI is InChI=1S/C13H18N6/c1-7-4-8(14)5-9(7)13-18-17-11-6-16-12-10(19(11)13)2-3-15-12/h6-9,15H,2-5,14H2,1H3/t7-,8+,9+/m1/s1. The van der Waals surface area contributed by atoms with Gasteiger partial charge in [-0.1, -0.05) is 6.92 Å². The van der Waals surface area contributed by atoms with Crippen LogP contribution in [0.5, 0.6) is 0 Å². The average Bonchev–Trinajstić information content (AvgIpc) is 3.05. The maximum atomic E-state index is 6.10. The van der Waals surface area contributed by atoms with Crippen molar-refractivity contribution in [3.05, 3.63) is 17.7 Å². The summed E-state index contributed by atoms with van der Waals surface area (Å²) in [6, 6.07) is 0.292. The van der Waals surface area contributed by atoms with Gasteiger partial charge < -0.3 is 11.1 Å². The lowest BCUT2D eigenvalue weighted by Gasteiger charge is -2.14. The van der Waals surface area contributed by atoms with E-state index in [0.717, 1.165) is 43.1 Å². The molecule has 0 radical (unpaired) electrons. The second-order valence-corrected chi connectivity index (χ2v) is 5.80. The third-order valence-corrected chi connectivity index (χ3v) is 4.47. The van der Waals surface area contributed by atoms with Gasteiger partial charge in [0.15, 0.2) is 5.65 Å². The zero-order valence-electron chi connectivity index (χ0n) is 11.0. The summed E-state index contributed by atoms with van der Waals surface area (Å²) in [5.41, 5.74) is 8.16. The van der Waals surface area contributed by atoms with E-state index in [-0.39, 0.29) is 0 Å². The molecule has 19 heavy (non-hydrogen) atoms. The fraction of sp³-hybridized carbons (Fsp3) is 0.615. The van der Waals surface area contributed by atoms with Gasteiger partial charge in [0.2, 0.25) is 0 Å². The van der Waals surface area contributed by atoms with Crippen molar-refractivity contribution >= 4 is 11.5 Å². The van der Waals surface area contributed by atoms with Gasteiger partial charge in [-0.15, -0.1) is 10.2 Å². The molecule has 2 aromatic heterocycles. The van der Waals surface area contributed by atoms with Gasteiger partial charge in [0.1, 0.15) is 11.6 Å². The number of aromatic nitrogens is 4. The molecule has 3 atom stereocenters. The highest BCUT2D eigenvalue weighted by Gasteiger charge is 2.34. The lowest BCUT2D eigenvalue weighted by atomic mass is 9.97. The van der Waals surface area contributed by atoms with E-state index >= 15 is 0 Å². The lowest BCUT2D eigenvalue weighted by molar-refractivity contribution is 0.504. The van der Waals surface area contributed by atoms with Gasteiger partial charge in [0.05, 0.1) is 11.9 Å². The summed E-state index contributed by atoms with van der Waals surface area (Å²) in [4.78, 5) is 4.40. The molecule has 3 heterocycles. The van der Waals surface area contributed by atoms with E-state index < -0.39 is 0 Å². The van der Waals surface area contributed by atoms with Gasteiger partial charge >= 0.3 is 0 Å². The van der Waals surface area contributed by atoms with Crippen molar-refractivity contribution in [3.63, 3.8) is 0 Å². The fourth-order valence-electron chi connectivity index (χ4n) is 3.55. The van der Waals surface area contributed by atoms with E-state index in [4.69, 9.17) is 5.73 Å². The molecule has 1 aliphatic carbocycles. The van der Waals surface area contributed by atoms with Gasteiger partial charge in [0.25, 0.3) is 0 Å². The van der Waals surface area contributed by atoms with Crippen molar-refractivity contribution in [2.24, 2.45) is 11.7 Å². The summed E-state index contributed by atoms with van der Waals surface area (Å²) in [7, 11) is 0. The van der Waals surface area contributed by atoms with Crippen LogP contribution in [0.4, 0.5) is 5.82 Å². The molecule has 6 heteroatoms. The molecule has 4 rings (SSSR count). The molecular formula is C13H18N6. The topological polar surface area (TPSA) is 81.1 Å². The second-order valence-electron chi connectivity index (χ2n) is 5.80. The fourth-order valence-corrected chi connectivity index (χ4v) is 3.55. The molecule has 3 N–H and O–H groups in total. The maximum absolute atomic E-state index is 6.10. The molecule has 0 aromatic carbocycles. The van der Waals surface area contributed by atoms with Crippen molar-refractivity contribution in [1.29, 1.82) is 0 Å². The van der Waals surface area contributed by atoms with Crippen molar-refractivity contribution in [3.8, 4) is 0 Å². The molecule has 100 valence electrons. The van der Waals surface area contributed by atoms with Crippen LogP contribution in [-0.2, 0) is 6.42 Å². The van der Waals surface area contributed by atoms with Crippen molar-refractivity contribution in [2.75, 3.05) is 11.9 Å². The van der Waals surface area contributed by atoms with Crippen LogP contribution in [0.2, 0.25) is 0 Å². The molecule has 1 aliphatic heterocycles. The summed E-state index contributed by atoms with van der Waals surface area (Å²) in [5, 5.41) is 12.0. The molecular weight excluding hydrogens is 240 g/mol. The number of hydrogen-bond acceptors (Lipinski definition) is 5. The largest absolute Gasteiger partial charge is 0.368 e. The van der Waals surface area contributed by atoms with E-state index in [2.05, 4.69) is 31.8 Å². The van der Waals surface area contributed by atoms with E-state index in [0.29, 0.717) is 17.9 Å². The Kier molecular flexibility index (Phi) is 2.29. The lowest BCUT2D eigenvalue weighted by Crippen LogP contribution is -2.15. The van der Waals surface area contributed by atoms with Gasteiger partial charge in [-0.3, -0.25) is 4.40 Å². The highest BCUT2D eigenvalue weighted by atomic mass is 15.3. The van der Waals surface area contributed by atoms with E-state index in [1.807, 2.05) is 0 Å². The van der Waals surface area contributed by atoms with Gasteiger partial charge in [-0.05, 0) is 18.8 Å².